The van der Waals surface area contributed by atoms with E-state index in [1.54, 1.807) is 5.57 Å². The monoisotopic (exact) mass is 554 g/mol. The maximum Gasteiger partial charge on any atom is 0.226 e. The van der Waals surface area contributed by atoms with Crippen LogP contribution < -0.4 is 11.1 Å². The van der Waals surface area contributed by atoms with E-state index in [0.29, 0.717) is 23.7 Å². The number of carbonyl (C=O) groups is 1. The summed E-state index contributed by atoms with van der Waals surface area (Å²) in [4.78, 5) is 14.2. The Morgan fingerprint density at radius 1 is 0.900 bits per heavy atom. The molecule has 4 fully saturated rings. The third-order valence-corrected chi connectivity index (χ3v) is 14.5. The number of hydrogen-bond donors (Lipinski definition) is 3. The number of aliphatic hydroxyl groups is 1. The van der Waals surface area contributed by atoms with Crippen molar-refractivity contribution >= 4 is 5.91 Å². The van der Waals surface area contributed by atoms with Crippen LogP contribution in [0.3, 0.4) is 0 Å². The van der Waals surface area contributed by atoms with Gasteiger partial charge in [0.05, 0.1) is 11.5 Å². The molecule has 4 nitrogen and oxygen atoms in total. The lowest BCUT2D eigenvalue weighted by atomic mass is 9.33. The normalized spacial score (nSPS) is 45.3. The number of unbranched alkanes of at least 4 members (excludes halogenated alkanes) is 3. The van der Waals surface area contributed by atoms with Gasteiger partial charge in [0.2, 0.25) is 5.91 Å². The summed E-state index contributed by atoms with van der Waals surface area (Å²) >= 11 is 0. The Balaban J connectivity index is 1.45. The number of nitrogens with two attached hydrogens (primary N) is 1. The van der Waals surface area contributed by atoms with E-state index in [1.807, 2.05) is 0 Å². The Morgan fingerprint density at radius 2 is 1.60 bits per heavy atom. The molecule has 0 saturated heterocycles. The number of fused-ring (bicyclic) bond motifs is 7. The molecule has 4 heteroatoms. The molecule has 0 radical (unpaired) electrons. The largest absolute Gasteiger partial charge is 0.393 e. The second-order valence-corrected chi connectivity index (χ2v) is 17.2. The molecule has 1 amide bonds. The number of carbonyl (C=O) groups excluding carboxylic acids is 1. The summed E-state index contributed by atoms with van der Waals surface area (Å²) in [5.74, 6) is 1.93. The van der Waals surface area contributed by atoms with Crippen molar-refractivity contribution in [2.45, 2.75) is 144 Å². The highest BCUT2D eigenvalue weighted by Crippen LogP contribution is 2.75. The fraction of sp³-hybridized carbons (Fsp3) is 0.917. The van der Waals surface area contributed by atoms with Crippen molar-refractivity contribution < 1.29 is 9.90 Å². The van der Waals surface area contributed by atoms with Crippen molar-refractivity contribution in [2.75, 3.05) is 13.1 Å². The quantitative estimate of drug-likeness (QED) is 0.222. The van der Waals surface area contributed by atoms with Crippen LogP contribution in [-0.4, -0.2) is 30.2 Å². The summed E-state index contributed by atoms with van der Waals surface area (Å²) in [6, 6.07) is 0. The van der Waals surface area contributed by atoms with E-state index in [2.05, 4.69) is 59.9 Å². The molecule has 0 aromatic heterocycles. The van der Waals surface area contributed by atoms with Gasteiger partial charge in [0, 0.05) is 6.54 Å². The summed E-state index contributed by atoms with van der Waals surface area (Å²) < 4.78 is 0. The zero-order valence-electron chi connectivity index (χ0n) is 27.1. The zero-order valence-corrected chi connectivity index (χ0v) is 27.1. The molecule has 0 unspecified atom stereocenters. The fourth-order valence-electron chi connectivity index (χ4n) is 11.6. The smallest absolute Gasteiger partial charge is 0.226 e. The van der Waals surface area contributed by atoms with E-state index in [4.69, 9.17) is 5.73 Å². The summed E-state index contributed by atoms with van der Waals surface area (Å²) in [7, 11) is 0. The van der Waals surface area contributed by atoms with Crippen molar-refractivity contribution in [1.29, 1.82) is 0 Å². The van der Waals surface area contributed by atoms with Crippen LogP contribution in [-0.2, 0) is 4.79 Å². The molecule has 0 aliphatic heterocycles. The van der Waals surface area contributed by atoms with Gasteiger partial charge >= 0.3 is 0 Å². The first-order valence-corrected chi connectivity index (χ1v) is 17.0. The molecule has 5 aliphatic carbocycles. The molecule has 4 saturated carbocycles. The van der Waals surface area contributed by atoms with Crippen molar-refractivity contribution in [2.24, 2.45) is 56.0 Å². The van der Waals surface area contributed by atoms with Crippen LogP contribution in [0.4, 0.5) is 0 Å². The molecule has 228 valence electrons. The first-order valence-electron chi connectivity index (χ1n) is 17.0. The van der Waals surface area contributed by atoms with Gasteiger partial charge in [-0.25, -0.2) is 0 Å². The van der Waals surface area contributed by atoms with Crippen molar-refractivity contribution in [3.05, 3.63) is 11.6 Å². The number of amides is 1. The van der Waals surface area contributed by atoms with Gasteiger partial charge in [-0.1, -0.05) is 73.0 Å². The number of allylic oxidation sites excluding steroid dienone is 2. The highest BCUT2D eigenvalue weighted by Gasteiger charge is 2.69. The van der Waals surface area contributed by atoms with Crippen molar-refractivity contribution in [3.8, 4) is 0 Å². The number of hydrogen-bond acceptors (Lipinski definition) is 3. The Labute approximate surface area is 246 Å². The molecule has 0 bridgehead atoms. The third kappa shape index (κ3) is 4.47. The van der Waals surface area contributed by atoms with Gasteiger partial charge in [0.1, 0.15) is 0 Å². The third-order valence-electron chi connectivity index (χ3n) is 14.5. The number of nitrogens with one attached hydrogen (secondary N) is 1. The Hall–Kier alpha value is -0.870. The second kappa shape index (κ2) is 10.4. The summed E-state index contributed by atoms with van der Waals surface area (Å²) in [6.07, 6.45) is 18.1. The predicted octanol–water partition coefficient (Wildman–Crippen LogP) is 7.78. The molecule has 5 rings (SSSR count). The van der Waals surface area contributed by atoms with E-state index >= 15 is 0 Å². The summed E-state index contributed by atoms with van der Waals surface area (Å²) in [6.45, 7) is 19.0. The number of rotatable bonds is 7. The van der Waals surface area contributed by atoms with E-state index in [0.717, 1.165) is 90.1 Å². The van der Waals surface area contributed by atoms with Crippen LogP contribution in [0, 0.1) is 50.2 Å². The van der Waals surface area contributed by atoms with E-state index in [-0.39, 0.29) is 38.6 Å². The minimum absolute atomic E-state index is 0.0171. The molecule has 40 heavy (non-hydrogen) atoms. The van der Waals surface area contributed by atoms with Gasteiger partial charge in [-0.05, 0) is 128 Å². The first kappa shape index (κ1) is 30.6. The topological polar surface area (TPSA) is 75.4 Å². The molecule has 4 N–H and O–H groups in total. The average Bonchev–Trinajstić information content (AvgIpc) is 2.88. The molecule has 0 aromatic carbocycles. The molecule has 0 heterocycles. The van der Waals surface area contributed by atoms with E-state index in [1.165, 1.54) is 12.8 Å². The lowest BCUT2D eigenvalue weighted by Gasteiger charge is -2.71. The van der Waals surface area contributed by atoms with Gasteiger partial charge in [0.15, 0.2) is 0 Å². The Bertz CT molecular complexity index is 1000. The van der Waals surface area contributed by atoms with E-state index < -0.39 is 0 Å². The van der Waals surface area contributed by atoms with Gasteiger partial charge in [0.25, 0.3) is 0 Å². The predicted molar refractivity (Wildman–Crippen MR) is 166 cm³/mol. The van der Waals surface area contributed by atoms with Crippen LogP contribution in [0.2, 0.25) is 0 Å². The zero-order chi connectivity index (χ0) is 29.2. The van der Waals surface area contributed by atoms with Crippen molar-refractivity contribution in [3.63, 3.8) is 0 Å². The fourth-order valence-corrected chi connectivity index (χ4v) is 11.6. The van der Waals surface area contributed by atoms with Crippen LogP contribution in [0.5, 0.6) is 0 Å². The SMILES string of the molecule is CC1(C)CC[C@]2(C(=O)NCCCCCCN)CC[C@]3(C)C(=CC[C@@H]4[C@@]5(C)CC[C@H](O)C(C)(C)[C@@H]5CC[C@]43C)[C@@H]2C1. The van der Waals surface area contributed by atoms with Gasteiger partial charge in [-0.15, -0.1) is 0 Å². The first-order chi connectivity index (χ1) is 18.7. The maximum absolute atomic E-state index is 14.2. The van der Waals surface area contributed by atoms with Gasteiger partial charge in [-0.2, -0.15) is 0 Å². The van der Waals surface area contributed by atoms with Crippen LogP contribution in [0.15, 0.2) is 11.6 Å². The van der Waals surface area contributed by atoms with Crippen LogP contribution in [0.1, 0.15) is 138 Å². The molecule has 5 aliphatic rings. The van der Waals surface area contributed by atoms with Gasteiger partial charge in [-0.3, -0.25) is 4.79 Å². The molecule has 0 aromatic rings. The molecule has 0 spiro atoms. The highest BCUT2D eigenvalue weighted by molar-refractivity contribution is 5.84. The lowest BCUT2D eigenvalue weighted by Crippen LogP contribution is -2.65. The molecule has 8 atom stereocenters. The second-order valence-electron chi connectivity index (χ2n) is 17.2. The molecular formula is C36H62N2O2. The number of aliphatic hydroxyl groups excluding tert-OH is 1. The minimum atomic E-state index is -0.237. The summed E-state index contributed by atoms with van der Waals surface area (Å²) in [5, 5.41) is 14.5. The maximum atomic E-state index is 14.2. The van der Waals surface area contributed by atoms with Crippen LogP contribution >= 0.6 is 0 Å². The van der Waals surface area contributed by atoms with Gasteiger partial charge < -0.3 is 16.2 Å². The average molecular weight is 555 g/mol. The van der Waals surface area contributed by atoms with E-state index in [9.17, 15) is 9.90 Å². The highest BCUT2D eigenvalue weighted by atomic mass is 16.3. The Kier molecular flexibility index (Phi) is 7.94. The van der Waals surface area contributed by atoms with Crippen LogP contribution in [0.25, 0.3) is 0 Å². The lowest BCUT2D eigenvalue weighted by molar-refractivity contribution is -0.203. The Morgan fingerprint density at radius 3 is 2.33 bits per heavy atom. The molecular weight excluding hydrogens is 492 g/mol. The minimum Gasteiger partial charge on any atom is -0.393 e. The summed E-state index contributed by atoms with van der Waals surface area (Å²) in [5.41, 5.74) is 8.00. The van der Waals surface area contributed by atoms with Crippen molar-refractivity contribution in [1.82, 2.24) is 5.32 Å². The standard InChI is InChI=1S/C36H62N2O2/c1-31(2)18-20-36(30(40)38-23-11-9-8-10-22-37)21-19-34(6)25(26(36)24-31)12-13-28-33(5)16-15-29(39)32(3,4)27(33)14-17-35(28,34)7/h12,26-29,39H,8-11,13-24,37H2,1-7H3,(H,38,40)/t26-,27-,28+,29-,33-,34+,35+,36-/m0/s1.